The Balaban J connectivity index is 1.82. The van der Waals surface area contributed by atoms with Crippen molar-refractivity contribution in [1.29, 1.82) is 0 Å². The van der Waals surface area contributed by atoms with Crippen molar-refractivity contribution in [2.45, 2.75) is 18.4 Å². The molecule has 2 atom stereocenters. The van der Waals surface area contributed by atoms with E-state index in [1.54, 1.807) is 24.3 Å². The average molecular weight is 326 g/mol. The van der Waals surface area contributed by atoms with Crippen LogP contribution in [0.5, 0.6) is 5.75 Å². The molecule has 5 nitrogen and oxygen atoms in total. The molecule has 1 saturated carbocycles. The molecule has 5 heteroatoms. The summed E-state index contributed by atoms with van der Waals surface area (Å²) in [6.45, 7) is 0.401. The molecule has 2 aromatic carbocycles. The van der Waals surface area contributed by atoms with Gasteiger partial charge in [0.25, 0.3) is 0 Å². The van der Waals surface area contributed by atoms with E-state index in [1.807, 2.05) is 30.3 Å². The number of rotatable bonds is 6. The van der Waals surface area contributed by atoms with Crippen molar-refractivity contribution in [1.82, 2.24) is 0 Å². The molecule has 3 rings (SSSR count). The maximum absolute atomic E-state index is 12.2. The third kappa shape index (κ3) is 2.85. The van der Waals surface area contributed by atoms with Gasteiger partial charge in [-0.1, -0.05) is 42.5 Å². The van der Waals surface area contributed by atoms with Crippen LogP contribution in [-0.2, 0) is 26.3 Å². The van der Waals surface area contributed by atoms with Crippen LogP contribution in [0.15, 0.2) is 54.6 Å². The van der Waals surface area contributed by atoms with Crippen LogP contribution in [0.25, 0.3) is 0 Å². The van der Waals surface area contributed by atoms with Crippen molar-refractivity contribution in [3.8, 4) is 5.75 Å². The van der Waals surface area contributed by atoms with Crippen LogP contribution in [0, 0.1) is 5.92 Å². The van der Waals surface area contributed by atoms with Gasteiger partial charge in [-0.3, -0.25) is 9.59 Å². The monoisotopic (exact) mass is 326 g/mol. The second kappa shape index (κ2) is 6.35. The molecule has 0 aromatic heterocycles. The van der Waals surface area contributed by atoms with Gasteiger partial charge >= 0.3 is 11.9 Å². The van der Waals surface area contributed by atoms with E-state index in [-0.39, 0.29) is 6.42 Å². The Labute approximate surface area is 139 Å². The van der Waals surface area contributed by atoms with Crippen molar-refractivity contribution in [2.24, 2.45) is 5.92 Å². The molecule has 0 radical (unpaired) electrons. The summed E-state index contributed by atoms with van der Waals surface area (Å²) < 4.78 is 10.6. The van der Waals surface area contributed by atoms with Gasteiger partial charge in [-0.25, -0.2) is 0 Å². The molecule has 124 valence electrons. The van der Waals surface area contributed by atoms with Gasteiger partial charge in [-0.05, 0) is 29.7 Å². The van der Waals surface area contributed by atoms with Crippen molar-refractivity contribution in [3.63, 3.8) is 0 Å². The van der Waals surface area contributed by atoms with Crippen molar-refractivity contribution in [3.05, 3.63) is 65.7 Å². The molecular weight excluding hydrogens is 308 g/mol. The summed E-state index contributed by atoms with van der Waals surface area (Å²) in [5, 5.41) is 9.28. The Kier molecular flexibility index (Phi) is 4.25. The molecule has 1 N–H and O–H groups in total. The fraction of sp³-hybridized carbons (Fsp3) is 0.263. The van der Waals surface area contributed by atoms with Crippen molar-refractivity contribution < 1.29 is 24.2 Å². The third-order valence-corrected chi connectivity index (χ3v) is 4.41. The Hall–Kier alpha value is -2.82. The van der Waals surface area contributed by atoms with Crippen LogP contribution in [-0.4, -0.2) is 24.2 Å². The molecule has 2 aromatic rings. The number of carbonyl (C=O) groups is 2. The number of esters is 1. The van der Waals surface area contributed by atoms with E-state index < -0.39 is 23.3 Å². The average Bonchev–Trinajstić information content (AvgIpc) is 3.38. The minimum absolute atomic E-state index is 0.247. The van der Waals surface area contributed by atoms with Gasteiger partial charge < -0.3 is 14.6 Å². The number of hydrogen-bond acceptors (Lipinski definition) is 4. The molecule has 24 heavy (non-hydrogen) atoms. The van der Waals surface area contributed by atoms with E-state index in [4.69, 9.17) is 9.47 Å². The minimum Gasteiger partial charge on any atom is -0.489 e. The first-order chi connectivity index (χ1) is 11.6. The summed E-state index contributed by atoms with van der Waals surface area (Å²) in [5.74, 6) is -1.67. The van der Waals surface area contributed by atoms with Crippen molar-refractivity contribution >= 4 is 11.9 Å². The smallest absolute Gasteiger partial charge is 0.317 e. The number of benzene rings is 2. The van der Waals surface area contributed by atoms with Gasteiger partial charge in [0, 0.05) is 0 Å². The Morgan fingerprint density at radius 3 is 2.54 bits per heavy atom. The number of carbonyl (C=O) groups excluding carboxylic acids is 1. The fourth-order valence-corrected chi connectivity index (χ4v) is 3.01. The second-order valence-corrected chi connectivity index (χ2v) is 5.86. The van der Waals surface area contributed by atoms with E-state index in [0.717, 1.165) is 5.56 Å². The molecule has 0 saturated heterocycles. The number of carboxylic acid groups (broad SMARTS) is 1. The van der Waals surface area contributed by atoms with E-state index in [0.29, 0.717) is 17.9 Å². The standard InChI is InChI=1S/C19H18O5/c1-23-18(22)19(11-16(19)17(20)21)14-8-5-9-15(10-14)24-12-13-6-3-2-4-7-13/h2-10,16H,11-12H2,1H3,(H,20,21)/t16-,19-/m0/s1. The Morgan fingerprint density at radius 1 is 1.17 bits per heavy atom. The Bertz CT molecular complexity index is 755. The molecule has 0 unspecified atom stereocenters. The summed E-state index contributed by atoms with van der Waals surface area (Å²) in [7, 11) is 1.27. The summed E-state index contributed by atoms with van der Waals surface area (Å²) in [6, 6.07) is 16.7. The quantitative estimate of drug-likeness (QED) is 0.826. The van der Waals surface area contributed by atoms with Crippen LogP contribution in [0.4, 0.5) is 0 Å². The summed E-state index contributed by atoms with van der Waals surface area (Å²) in [6.07, 6.45) is 0.247. The number of hydrogen-bond donors (Lipinski definition) is 1. The zero-order valence-corrected chi connectivity index (χ0v) is 13.3. The lowest BCUT2D eigenvalue weighted by atomic mass is 9.93. The van der Waals surface area contributed by atoms with Crippen LogP contribution >= 0.6 is 0 Å². The van der Waals surface area contributed by atoms with Crippen LogP contribution in [0.3, 0.4) is 0 Å². The van der Waals surface area contributed by atoms with Crippen molar-refractivity contribution in [2.75, 3.05) is 7.11 Å². The lowest BCUT2D eigenvalue weighted by Gasteiger charge is -2.16. The largest absolute Gasteiger partial charge is 0.489 e. The first kappa shape index (κ1) is 16.1. The van der Waals surface area contributed by atoms with Gasteiger partial charge in [0.15, 0.2) is 0 Å². The van der Waals surface area contributed by atoms with E-state index >= 15 is 0 Å². The van der Waals surface area contributed by atoms with Gasteiger partial charge in [0.05, 0.1) is 13.0 Å². The molecule has 1 aliphatic carbocycles. The first-order valence-corrected chi connectivity index (χ1v) is 7.66. The van der Waals surface area contributed by atoms with Crippen LogP contribution in [0.2, 0.25) is 0 Å². The number of ether oxygens (including phenoxy) is 2. The molecule has 1 aliphatic rings. The molecule has 0 heterocycles. The highest BCUT2D eigenvalue weighted by Gasteiger charge is 2.66. The molecule has 0 bridgehead atoms. The Morgan fingerprint density at radius 2 is 1.92 bits per heavy atom. The lowest BCUT2D eigenvalue weighted by molar-refractivity contribution is -0.148. The predicted molar refractivity (Wildman–Crippen MR) is 86.7 cm³/mol. The summed E-state index contributed by atoms with van der Waals surface area (Å²) in [5.41, 5.74) is 0.542. The first-order valence-electron chi connectivity index (χ1n) is 7.66. The second-order valence-electron chi connectivity index (χ2n) is 5.86. The molecule has 1 fully saturated rings. The highest BCUT2D eigenvalue weighted by atomic mass is 16.5. The van der Waals surface area contributed by atoms with Crippen LogP contribution in [0.1, 0.15) is 17.5 Å². The van der Waals surface area contributed by atoms with Gasteiger partial charge in [-0.2, -0.15) is 0 Å². The van der Waals surface area contributed by atoms with E-state index in [9.17, 15) is 14.7 Å². The van der Waals surface area contributed by atoms with E-state index in [2.05, 4.69) is 0 Å². The summed E-state index contributed by atoms with van der Waals surface area (Å²) in [4.78, 5) is 23.5. The molecule has 0 aliphatic heterocycles. The SMILES string of the molecule is COC(=O)[C@]1(c2cccc(OCc3ccccc3)c2)C[C@H]1C(=O)O. The zero-order chi connectivity index (χ0) is 17.2. The molecular formula is C19H18O5. The highest BCUT2D eigenvalue weighted by molar-refractivity contribution is 5.95. The predicted octanol–water partition coefficient (Wildman–Crippen LogP) is 2.78. The number of methoxy groups -OCH3 is 1. The lowest BCUT2D eigenvalue weighted by Crippen LogP contribution is -2.27. The van der Waals surface area contributed by atoms with Crippen LogP contribution < -0.4 is 4.74 Å². The third-order valence-electron chi connectivity index (χ3n) is 4.41. The molecule has 0 spiro atoms. The number of carboxylic acids is 1. The van der Waals surface area contributed by atoms with E-state index in [1.165, 1.54) is 7.11 Å². The number of aliphatic carboxylic acids is 1. The van der Waals surface area contributed by atoms with Gasteiger partial charge in [0.1, 0.15) is 17.8 Å². The van der Waals surface area contributed by atoms with Gasteiger partial charge in [0.2, 0.25) is 0 Å². The highest BCUT2D eigenvalue weighted by Crippen LogP contribution is 2.55. The minimum atomic E-state index is -1.10. The maximum atomic E-state index is 12.2. The normalized spacial score (nSPS) is 21.8. The summed E-state index contributed by atoms with van der Waals surface area (Å²) >= 11 is 0. The van der Waals surface area contributed by atoms with Gasteiger partial charge in [-0.15, -0.1) is 0 Å². The fourth-order valence-electron chi connectivity index (χ4n) is 3.01. The topological polar surface area (TPSA) is 72.8 Å². The zero-order valence-electron chi connectivity index (χ0n) is 13.3. The maximum Gasteiger partial charge on any atom is 0.317 e. The molecule has 0 amide bonds.